The number of allylic oxidation sites excluding steroid dienone is 2. The zero-order valence-corrected chi connectivity index (χ0v) is 37.6. The summed E-state index contributed by atoms with van der Waals surface area (Å²) in [6.45, 7) is 11.9. The molecule has 328 valence electrons. The van der Waals surface area contributed by atoms with Crippen molar-refractivity contribution in [2.24, 2.45) is 23.7 Å². The quantitative estimate of drug-likeness (QED) is 0.0865. The number of fused-ring (bicyclic) bond motifs is 14. The molecule has 0 saturated heterocycles. The Hall–Kier alpha value is -5.17. The van der Waals surface area contributed by atoms with Gasteiger partial charge in [-0.1, -0.05) is 45.9 Å². The van der Waals surface area contributed by atoms with Gasteiger partial charge in [-0.2, -0.15) is 0 Å². The van der Waals surface area contributed by atoms with Crippen molar-refractivity contribution in [1.82, 2.24) is 0 Å². The third-order valence-corrected chi connectivity index (χ3v) is 12.0. The molecule has 3 heterocycles. The molecule has 9 atom stereocenters. The number of methoxy groups -OCH3 is 1. The van der Waals surface area contributed by atoms with Gasteiger partial charge >= 0.3 is 11.8 Å². The van der Waals surface area contributed by atoms with Crippen LogP contribution in [0.25, 0.3) is 10.8 Å². The maximum absolute atomic E-state index is 14.5. The smallest absolute Gasteiger partial charge is 0.312 e. The molecule has 0 radical (unpaired) electrons. The van der Waals surface area contributed by atoms with Gasteiger partial charge in [0.2, 0.25) is 0 Å². The minimum Gasteiger partial charge on any atom is -0.507 e. The Bertz CT molecular complexity index is 2270. The lowest BCUT2D eigenvalue weighted by atomic mass is 9.78. The van der Waals surface area contributed by atoms with Crippen LogP contribution < -0.4 is 20.1 Å². The summed E-state index contributed by atoms with van der Waals surface area (Å²) in [5.74, 6) is -8.42. The van der Waals surface area contributed by atoms with E-state index >= 15 is 0 Å². The fourth-order valence-electron chi connectivity index (χ4n) is 7.62. The summed E-state index contributed by atoms with van der Waals surface area (Å²) >= 11 is 2.14. The van der Waals surface area contributed by atoms with Crippen molar-refractivity contribution in [2.75, 3.05) is 24.4 Å². The van der Waals surface area contributed by atoms with Crippen molar-refractivity contribution in [3.05, 3.63) is 81.2 Å². The van der Waals surface area contributed by atoms with E-state index in [-0.39, 0.29) is 44.7 Å². The number of carbonyl (C=O) groups excluding carboxylic acids is 4. The molecular weight excluding hydrogens is 903 g/mol. The first kappa shape index (κ1) is 46.9. The molecule has 6 N–H and O–H groups in total. The van der Waals surface area contributed by atoms with Crippen molar-refractivity contribution >= 4 is 68.3 Å². The van der Waals surface area contributed by atoms with Crippen LogP contribution in [0.4, 0.5) is 11.4 Å². The maximum atomic E-state index is 14.5. The van der Waals surface area contributed by atoms with Crippen molar-refractivity contribution in [2.45, 2.75) is 85.6 Å². The number of hydrogen-bond donors (Lipinski definition) is 6. The Morgan fingerprint density at radius 1 is 0.951 bits per heavy atom. The SMILES string of the molecule is CO[C@H]1/C=C/O[C@@]2(C)Oc3c(C)c(O)c4c(O)c(cc(OCC(=O)Nc5ccc(I)cc5)c4c3C2=O)NC(=O)/C(C)=C\C=C\[C@H](C)[C@H](O)[C@@H](C)[C@@H](O)[C@@H](C)[C@H](OC(C)=O)[C@@H]1C. The third kappa shape index (κ3) is 9.98. The minimum absolute atomic E-state index is 0.0609. The second-order valence-electron chi connectivity index (χ2n) is 15.7. The van der Waals surface area contributed by atoms with Gasteiger partial charge in [-0.15, -0.1) is 0 Å². The number of phenols is 2. The summed E-state index contributed by atoms with van der Waals surface area (Å²) in [5, 5.41) is 51.2. The van der Waals surface area contributed by atoms with Crippen molar-refractivity contribution in [3.8, 4) is 23.0 Å². The number of amides is 2. The molecule has 3 aromatic rings. The number of aliphatic hydroxyl groups is 2. The number of halogens is 1. The van der Waals surface area contributed by atoms with Gasteiger partial charge in [0.15, 0.2) is 12.4 Å². The van der Waals surface area contributed by atoms with Crippen molar-refractivity contribution in [1.29, 1.82) is 0 Å². The summed E-state index contributed by atoms with van der Waals surface area (Å²) in [4.78, 5) is 53.6. The lowest BCUT2D eigenvalue weighted by molar-refractivity contribution is -0.160. The number of Topliss-reactive ketones (excluding diaryl/α,β-unsaturated/α-hetero) is 1. The van der Waals surface area contributed by atoms with Crippen LogP contribution in [-0.4, -0.2) is 87.9 Å². The summed E-state index contributed by atoms with van der Waals surface area (Å²) in [6, 6.07) is 8.28. The topological polar surface area (TPSA) is 219 Å². The number of anilines is 2. The van der Waals surface area contributed by atoms with Gasteiger partial charge in [-0.3, -0.25) is 19.2 Å². The predicted octanol–water partition coefficient (Wildman–Crippen LogP) is 6.67. The van der Waals surface area contributed by atoms with Gasteiger partial charge in [0.25, 0.3) is 17.6 Å². The lowest BCUT2D eigenvalue weighted by Gasteiger charge is -2.38. The number of phenolic OH excluding ortho intramolecular Hbond substituents is 2. The van der Waals surface area contributed by atoms with Gasteiger partial charge in [0, 0.05) is 76.5 Å². The van der Waals surface area contributed by atoms with E-state index in [4.69, 9.17) is 23.7 Å². The second kappa shape index (κ2) is 19.3. The summed E-state index contributed by atoms with van der Waals surface area (Å²) in [7, 11) is 1.43. The van der Waals surface area contributed by atoms with Gasteiger partial charge in [0.05, 0.1) is 41.2 Å². The Labute approximate surface area is 367 Å². The first-order chi connectivity index (χ1) is 28.7. The summed E-state index contributed by atoms with van der Waals surface area (Å²) in [6.07, 6.45) is 3.52. The first-order valence-electron chi connectivity index (χ1n) is 19.7. The molecule has 0 aromatic heterocycles. The Balaban J connectivity index is 1.65. The van der Waals surface area contributed by atoms with Gasteiger partial charge in [0.1, 0.15) is 23.4 Å². The van der Waals surface area contributed by atoms with E-state index in [9.17, 15) is 39.6 Å². The number of nitrogens with one attached hydrogen (secondary N) is 2. The Morgan fingerprint density at radius 3 is 2.26 bits per heavy atom. The fraction of sp³-hybridized carbons (Fsp3) is 0.422. The molecule has 3 aliphatic heterocycles. The van der Waals surface area contributed by atoms with Gasteiger partial charge in [-0.05, 0) is 66.8 Å². The molecule has 16 heteroatoms. The fourth-order valence-corrected chi connectivity index (χ4v) is 7.98. The van der Waals surface area contributed by atoms with Crippen LogP contribution in [-0.2, 0) is 28.6 Å². The normalized spacial score (nSPS) is 29.1. The minimum atomic E-state index is -2.04. The molecule has 3 aliphatic rings. The average Bonchev–Trinajstić information content (AvgIpc) is 3.48. The molecule has 0 fully saturated rings. The summed E-state index contributed by atoms with van der Waals surface area (Å²) < 4.78 is 30.7. The molecule has 61 heavy (non-hydrogen) atoms. The molecule has 0 unspecified atom stereocenters. The third-order valence-electron chi connectivity index (χ3n) is 11.3. The van der Waals surface area contributed by atoms with E-state index in [1.54, 1.807) is 52.0 Å². The number of ether oxygens (including phenoxy) is 5. The molecule has 0 saturated carbocycles. The van der Waals surface area contributed by atoms with E-state index < -0.39 is 95.5 Å². The number of esters is 1. The van der Waals surface area contributed by atoms with Crippen LogP contribution in [0.1, 0.15) is 64.4 Å². The Morgan fingerprint density at radius 2 is 1.62 bits per heavy atom. The molecule has 0 spiro atoms. The van der Waals surface area contributed by atoms with E-state index in [0.717, 1.165) is 3.57 Å². The molecule has 6 rings (SSSR count). The zero-order valence-electron chi connectivity index (χ0n) is 35.4. The predicted molar refractivity (Wildman–Crippen MR) is 235 cm³/mol. The number of carbonyl (C=O) groups is 4. The number of hydrogen-bond acceptors (Lipinski definition) is 13. The highest BCUT2D eigenvalue weighted by Crippen LogP contribution is 2.54. The molecule has 0 aliphatic carbocycles. The van der Waals surface area contributed by atoms with Crippen molar-refractivity contribution in [3.63, 3.8) is 0 Å². The van der Waals surface area contributed by atoms with Crippen LogP contribution >= 0.6 is 22.6 Å². The van der Waals surface area contributed by atoms with E-state index in [1.807, 2.05) is 12.1 Å². The highest BCUT2D eigenvalue weighted by Gasteiger charge is 2.49. The number of aliphatic hydroxyl groups excluding tert-OH is 2. The highest BCUT2D eigenvalue weighted by molar-refractivity contribution is 14.1. The lowest BCUT2D eigenvalue weighted by Crippen LogP contribution is -2.46. The van der Waals surface area contributed by atoms with E-state index in [1.165, 1.54) is 59.3 Å². The first-order valence-corrected chi connectivity index (χ1v) is 20.8. The standard InChI is InChI=1S/C45H53IN2O13/c1-21-11-10-12-22(2)44(56)48-30-19-32(58-20-33(50)47-29-15-13-28(46)14-16-29)34-35(40(30)54)39(53)26(6)42-36(34)43(55)45(8,61-42)59-18-17-31(57-9)23(3)41(60-27(7)49)25(5)38(52)24(4)37(21)51/h10-19,21,23-25,31,37-38,41,51-54H,20H2,1-9H3,(H,47,50)(H,48,56)/b11-10+,18-17+,22-12-/t21-,23+,24+,25+,31-,37-,38+,41+,45-/m0/s1. The van der Waals surface area contributed by atoms with Gasteiger partial charge < -0.3 is 54.7 Å². The number of rotatable bonds is 6. The van der Waals surface area contributed by atoms with Crippen LogP contribution in [0.2, 0.25) is 0 Å². The van der Waals surface area contributed by atoms with Gasteiger partial charge in [-0.25, -0.2) is 0 Å². The van der Waals surface area contributed by atoms with Crippen LogP contribution in [0.15, 0.2) is 66.5 Å². The highest BCUT2D eigenvalue weighted by atomic mass is 127. The van der Waals surface area contributed by atoms with E-state index in [0.29, 0.717) is 5.69 Å². The monoisotopic (exact) mass is 956 g/mol. The molecule has 2 amide bonds. The van der Waals surface area contributed by atoms with Crippen molar-refractivity contribution < 1.29 is 63.3 Å². The molecular formula is C45H53IN2O13. The Kier molecular flexibility index (Phi) is 14.8. The van der Waals surface area contributed by atoms with Crippen LogP contribution in [0.5, 0.6) is 23.0 Å². The van der Waals surface area contributed by atoms with Crippen LogP contribution in [0, 0.1) is 34.2 Å². The molecule has 5 bridgehead atoms. The maximum Gasteiger partial charge on any atom is 0.312 e. The number of ketones is 1. The largest absolute Gasteiger partial charge is 0.507 e. The number of benzene rings is 3. The zero-order chi connectivity index (χ0) is 45.1. The van der Waals surface area contributed by atoms with Crippen LogP contribution in [0.3, 0.4) is 0 Å². The second-order valence-corrected chi connectivity index (χ2v) is 17.0. The van der Waals surface area contributed by atoms with E-state index in [2.05, 4.69) is 33.2 Å². The number of aromatic hydroxyl groups is 2. The summed E-state index contributed by atoms with van der Waals surface area (Å²) in [5.41, 5.74) is 0.413. The average molecular weight is 957 g/mol. The molecule has 3 aromatic carbocycles. The molecule has 15 nitrogen and oxygen atoms in total.